The van der Waals surface area contributed by atoms with Crippen molar-refractivity contribution in [1.29, 1.82) is 0 Å². The molecule has 19 heavy (non-hydrogen) atoms. The molecule has 106 valence electrons. The molecule has 0 saturated heterocycles. The number of nitrogens with two attached hydrogens (primary N) is 1. The lowest BCUT2D eigenvalue weighted by atomic mass is 10.2. The van der Waals surface area contributed by atoms with E-state index in [4.69, 9.17) is 5.73 Å². The Balaban J connectivity index is 2.37. The fraction of sp³-hybridized carbons (Fsp3) is 0.533. The summed E-state index contributed by atoms with van der Waals surface area (Å²) in [4.78, 5) is 14.2. The van der Waals surface area contributed by atoms with Crippen molar-refractivity contribution in [2.24, 2.45) is 0 Å². The Kier molecular flexibility index (Phi) is 6.97. The topological polar surface area (TPSA) is 58.4 Å². The molecule has 0 fully saturated rings. The molecule has 1 aromatic carbocycles. The number of nitrogen functional groups attached to an aromatic ring is 1. The van der Waals surface area contributed by atoms with Crippen molar-refractivity contribution in [2.45, 2.75) is 33.1 Å². The highest BCUT2D eigenvalue weighted by atomic mass is 16.1. The molecule has 0 heterocycles. The van der Waals surface area contributed by atoms with Gasteiger partial charge in [-0.15, -0.1) is 0 Å². The number of amides is 1. The summed E-state index contributed by atoms with van der Waals surface area (Å²) in [5.74, 6) is 0.0212. The summed E-state index contributed by atoms with van der Waals surface area (Å²) in [6.07, 6.45) is 2.87. The summed E-state index contributed by atoms with van der Waals surface area (Å²) in [6, 6.07) is 7.33. The van der Waals surface area contributed by atoms with Crippen LogP contribution in [0, 0.1) is 0 Å². The summed E-state index contributed by atoms with van der Waals surface area (Å²) in [6.45, 7) is 7.16. The summed E-state index contributed by atoms with van der Waals surface area (Å²) in [5.41, 5.74) is 7.10. The number of nitrogens with zero attached hydrogens (tertiary/aromatic N) is 1. The highest BCUT2D eigenvalue weighted by molar-refractivity contribution is 5.93. The minimum absolute atomic E-state index is 0.0212. The molecule has 0 aliphatic heterocycles. The van der Waals surface area contributed by atoms with Crippen LogP contribution in [0.3, 0.4) is 0 Å². The molecule has 0 unspecified atom stereocenters. The number of carbonyl (C=O) groups is 1. The Morgan fingerprint density at radius 3 is 2.63 bits per heavy atom. The lowest BCUT2D eigenvalue weighted by molar-refractivity contribution is -0.116. The molecule has 0 aliphatic rings. The molecule has 0 radical (unpaired) electrons. The zero-order valence-corrected chi connectivity index (χ0v) is 12.0. The third-order valence-electron chi connectivity index (χ3n) is 3.17. The number of hydrogen-bond acceptors (Lipinski definition) is 3. The molecule has 1 aromatic rings. The maximum absolute atomic E-state index is 11.9. The van der Waals surface area contributed by atoms with E-state index in [0.29, 0.717) is 17.8 Å². The van der Waals surface area contributed by atoms with Gasteiger partial charge in [-0.1, -0.05) is 32.4 Å². The van der Waals surface area contributed by atoms with Crippen LogP contribution in [-0.2, 0) is 4.79 Å². The van der Waals surface area contributed by atoms with Gasteiger partial charge in [-0.05, 0) is 31.6 Å². The van der Waals surface area contributed by atoms with E-state index in [1.165, 1.54) is 12.8 Å². The fourth-order valence-electron chi connectivity index (χ4n) is 1.89. The van der Waals surface area contributed by atoms with Crippen LogP contribution in [0.2, 0.25) is 0 Å². The van der Waals surface area contributed by atoms with Crippen LogP contribution < -0.4 is 11.1 Å². The van der Waals surface area contributed by atoms with E-state index in [0.717, 1.165) is 19.6 Å². The molecular weight excluding hydrogens is 238 g/mol. The van der Waals surface area contributed by atoms with Crippen LogP contribution in [0.25, 0.3) is 0 Å². The number of benzene rings is 1. The third-order valence-corrected chi connectivity index (χ3v) is 3.17. The minimum atomic E-state index is 0.0212. The SMILES string of the molecule is CCCCN(CC)CCC(=O)Nc1ccccc1N. The number of carbonyl (C=O) groups excluding carboxylic acids is 1. The molecule has 0 aliphatic carbocycles. The smallest absolute Gasteiger partial charge is 0.225 e. The maximum Gasteiger partial charge on any atom is 0.225 e. The van der Waals surface area contributed by atoms with Gasteiger partial charge in [0, 0.05) is 13.0 Å². The van der Waals surface area contributed by atoms with Gasteiger partial charge in [0.1, 0.15) is 0 Å². The van der Waals surface area contributed by atoms with E-state index in [9.17, 15) is 4.79 Å². The highest BCUT2D eigenvalue weighted by Crippen LogP contribution is 2.16. The zero-order valence-electron chi connectivity index (χ0n) is 12.0. The predicted octanol–water partition coefficient (Wildman–Crippen LogP) is 2.72. The number of rotatable bonds is 8. The van der Waals surface area contributed by atoms with Gasteiger partial charge in [-0.3, -0.25) is 4.79 Å². The van der Waals surface area contributed by atoms with Crippen molar-refractivity contribution in [3.8, 4) is 0 Å². The lowest BCUT2D eigenvalue weighted by Crippen LogP contribution is -2.28. The summed E-state index contributed by atoms with van der Waals surface area (Å²) < 4.78 is 0. The molecule has 0 aromatic heterocycles. The first-order valence-electron chi connectivity index (χ1n) is 7.04. The Morgan fingerprint density at radius 1 is 1.26 bits per heavy atom. The van der Waals surface area contributed by atoms with Crippen LogP contribution in [0.4, 0.5) is 11.4 Å². The number of unbranched alkanes of at least 4 members (excludes halogenated alkanes) is 1. The van der Waals surface area contributed by atoms with Crippen molar-refractivity contribution >= 4 is 17.3 Å². The molecule has 3 N–H and O–H groups in total. The molecule has 4 nitrogen and oxygen atoms in total. The van der Waals surface area contributed by atoms with Crippen molar-refractivity contribution < 1.29 is 4.79 Å². The highest BCUT2D eigenvalue weighted by Gasteiger charge is 2.07. The van der Waals surface area contributed by atoms with Crippen LogP contribution in [0.5, 0.6) is 0 Å². The second-order valence-electron chi connectivity index (χ2n) is 4.67. The van der Waals surface area contributed by atoms with Crippen LogP contribution >= 0.6 is 0 Å². The molecule has 0 atom stereocenters. The summed E-state index contributed by atoms with van der Waals surface area (Å²) >= 11 is 0. The van der Waals surface area contributed by atoms with Gasteiger partial charge in [-0.25, -0.2) is 0 Å². The summed E-state index contributed by atoms with van der Waals surface area (Å²) in [5, 5.41) is 2.86. The van der Waals surface area contributed by atoms with E-state index in [1.54, 1.807) is 6.07 Å². The quantitative estimate of drug-likeness (QED) is 0.709. The maximum atomic E-state index is 11.9. The largest absolute Gasteiger partial charge is 0.397 e. The molecule has 1 rings (SSSR count). The van der Waals surface area contributed by atoms with E-state index < -0.39 is 0 Å². The van der Waals surface area contributed by atoms with E-state index >= 15 is 0 Å². The number of para-hydroxylation sites is 2. The first kappa shape index (κ1) is 15.5. The molecule has 0 bridgehead atoms. The average molecular weight is 263 g/mol. The second kappa shape index (κ2) is 8.53. The molecule has 4 heteroatoms. The van der Waals surface area contributed by atoms with Gasteiger partial charge in [0.15, 0.2) is 0 Å². The number of hydrogen-bond donors (Lipinski definition) is 2. The Labute approximate surface area is 116 Å². The van der Waals surface area contributed by atoms with Crippen molar-refractivity contribution in [1.82, 2.24) is 4.90 Å². The van der Waals surface area contributed by atoms with Gasteiger partial charge in [-0.2, -0.15) is 0 Å². The molecule has 0 spiro atoms. The van der Waals surface area contributed by atoms with Crippen molar-refractivity contribution in [3.05, 3.63) is 24.3 Å². The zero-order chi connectivity index (χ0) is 14.1. The van der Waals surface area contributed by atoms with Gasteiger partial charge in [0.25, 0.3) is 0 Å². The minimum Gasteiger partial charge on any atom is -0.397 e. The average Bonchev–Trinajstić information content (AvgIpc) is 2.41. The molecular formula is C15H25N3O. The van der Waals surface area contributed by atoms with Gasteiger partial charge in [0.2, 0.25) is 5.91 Å². The molecule has 1 amide bonds. The number of nitrogens with one attached hydrogen (secondary N) is 1. The van der Waals surface area contributed by atoms with Gasteiger partial charge < -0.3 is 16.0 Å². The monoisotopic (exact) mass is 263 g/mol. The predicted molar refractivity (Wildman–Crippen MR) is 81.1 cm³/mol. The van der Waals surface area contributed by atoms with E-state index in [2.05, 4.69) is 24.1 Å². The van der Waals surface area contributed by atoms with Crippen LogP contribution in [0.15, 0.2) is 24.3 Å². The third kappa shape index (κ3) is 5.75. The molecule has 0 saturated carbocycles. The fourth-order valence-corrected chi connectivity index (χ4v) is 1.89. The van der Waals surface area contributed by atoms with Crippen molar-refractivity contribution in [3.63, 3.8) is 0 Å². The van der Waals surface area contributed by atoms with Crippen molar-refractivity contribution in [2.75, 3.05) is 30.7 Å². The van der Waals surface area contributed by atoms with E-state index in [-0.39, 0.29) is 5.91 Å². The Bertz CT molecular complexity index is 393. The van der Waals surface area contributed by atoms with E-state index in [1.807, 2.05) is 18.2 Å². The number of anilines is 2. The van der Waals surface area contributed by atoms with Gasteiger partial charge in [0.05, 0.1) is 11.4 Å². The standard InChI is InChI=1S/C15H25N3O/c1-3-5-11-18(4-2)12-10-15(19)17-14-9-7-6-8-13(14)16/h6-9H,3-5,10-12,16H2,1-2H3,(H,17,19). The van der Waals surface area contributed by atoms with Crippen LogP contribution in [-0.4, -0.2) is 30.4 Å². The normalized spacial score (nSPS) is 10.7. The first-order valence-corrected chi connectivity index (χ1v) is 7.04. The van der Waals surface area contributed by atoms with Crippen LogP contribution in [0.1, 0.15) is 33.1 Å². The lowest BCUT2D eigenvalue weighted by Gasteiger charge is -2.19. The second-order valence-corrected chi connectivity index (χ2v) is 4.67. The first-order chi connectivity index (χ1) is 9.17. The Morgan fingerprint density at radius 2 is 2.00 bits per heavy atom. The van der Waals surface area contributed by atoms with Gasteiger partial charge >= 0.3 is 0 Å². The Hall–Kier alpha value is -1.55. The summed E-state index contributed by atoms with van der Waals surface area (Å²) in [7, 11) is 0.